The number of nitrogens with zero attached hydrogens (tertiary/aromatic N) is 1. The predicted molar refractivity (Wildman–Crippen MR) is 184 cm³/mol. The van der Waals surface area contributed by atoms with Crippen LogP contribution in [0, 0.1) is 0 Å². The third-order valence-electron chi connectivity index (χ3n) is 8.43. The molecule has 3 heteroatoms. The van der Waals surface area contributed by atoms with E-state index in [-0.39, 0.29) is 0 Å². The molecule has 2 nitrogen and oxygen atoms in total. The van der Waals surface area contributed by atoms with Gasteiger partial charge in [0.05, 0.1) is 5.69 Å². The first-order valence-corrected chi connectivity index (χ1v) is 15.3. The molecule has 0 fully saturated rings. The summed E-state index contributed by atoms with van der Waals surface area (Å²) in [4.78, 5) is 2.30. The summed E-state index contributed by atoms with van der Waals surface area (Å²) in [6.45, 7) is 0. The van der Waals surface area contributed by atoms with Crippen molar-refractivity contribution in [1.82, 2.24) is 0 Å². The Labute approximate surface area is 252 Å². The second-order valence-corrected chi connectivity index (χ2v) is 12.0. The fourth-order valence-corrected chi connectivity index (χ4v) is 7.69. The molecule has 43 heavy (non-hydrogen) atoms. The summed E-state index contributed by atoms with van der Waals surface area (Å²) in [6, 6.07) is 54.0. The summed E-state index contributed by atoms with van der Waals surface area (Å²) in [6.07, 6.45) is 0. The van der Waals surface area contributed by atoms with Crippen LogP contribution >= 0.6 is 11.3 Å². The van der Waals surface area contributed by atoms with Crippen molar-refractivity contribution in [1.29, 1.82) is 0 Å². The van der Waals surface area contributed by atoms with Gasteiger partial charge in [-0.1, -0.05) is 97.1 Å². The summed E-state index contributed by atoms with van der Waals surface area (Å²) in [7, 11) is 0. The second-order valence-electron chi connectivity index (χ2n) is 11.0. The molecule has 0 spiro atoms. The van der Waals surface area contributed by atoms with E-state index in [1.165, 1.54) is 47.5 Å². The molecule has 0 saturated carbocycles. The maximum atomic E-state index is 6.75. The van der Waals surface area contributed by atoms with Crippen LogP contribution in [0.25, 0.3) is 64.0 Å². The molecule has 7 aromatic carbocycles. The third kappa shape index (κ3) is 3.86. The number of para-hydroxylation sites is 2. The number of hydrogen-bond acceptors (Lipinski definition) is 3. The van der Waals surface area contributed by atoms with Gasteiger partial charge < -0.3 is 9.32 Å². The van der Waals surface area contributed by atoms with E-state index < -0.39 is 0 Å². The normalized spacial score (nSPS) is 11.7. The second kappa shape index (κ2) is 9.59. The minimum atomic E-state index is 0.892. The molecule has 9 rings (SSSR count). The highest BCUT2D eigenvalue weighted by Crippen LogP contribution is 2.47. The largest absolute Gasteiger partial charge is 0.454 e. The maximum Gasteiger partial charge on any atom is 0.159 e. The van der Waals surface area contributed by atoms with Crippen molar-refractivity contribution in [2.24, 2.45) is 0 Å². The molecule has 2 aromatic heterocycles. The molecule has 0 aliphatic heterocycles. The quantitative estimate of drug-likeness (QED) is 0.210. The molecule has 0 aliphatic rings. The number of anilines is 3. The molecule has 0 saturated heterocycles. The topological polar surface area (TPSA) is 16.4 Å². The Bertz CT molecular complexity index is 2440. The number of thiophene rings is 1. The maximum absolute atomic E-state index is 6.75. The zero-order valence-electron chi connectivity index (χ0n) is 23.2. The standard InChI is InChI=1S/C40H25NOS/c1-3-10-26(11-4-1)27-18-20-31(21-19-27)41(30-14-5-2-6-15-30)35-17-9-16-33-38-36(42-39(33)35)23-22-32-34-24-28-12-7-8-13-29(28)25-37(34)43-40(32)38/h1-25H. The van der Waals surface area contributed by atoms with Crippen LogP contribution < -0.4 is 4.90 Å². The molecule has 0 amide bonds. The molecule has 0 atom stereocenters. The van der Waals surface area contributed by atoms with Crippen LogP contribution in [0.5, 0.6) is 0 Å². The van der Waals surface area contributed by atoms with Gasteiger partial charge in [0.15, 0.2) is 5.58 Å². The van der Waals surface area contributed by atoms with Crippen LogP contribution in [-0.2, 0) is 0 Å². The number of benzene rings is 7. The van der Waals surface area contributed by atoms with Gasteiger partial charge in [-0.3, -0.25) is 0 Å². The van der Waals surface area contributed by atoms with Crippen molar-refractivity contribution < 1.29 is 4.42 Å². The summed E-state index contributed by atoms with van der Waals surface area (Å²) in [5, 5.41) is 7.45. The highest BCUT2D eigenvalue weighted by atomic mass is 32.1. The van der Waals surface area contributed by atoms with E-state index in [9.17, 15) is 0 Å². The monoisotopic (exact) mass is 567 g/mol. The van der Waals surface area contributed by atoms with Crippen molar-refractivity contribution in [2.75, 3.05) is 4.90 Å². The van der Waals surface area contributed by atoms with Crippen LogP contribution in [-0.4, -0.2) is 0 Å². The Balaban J connectivity index is 1.27. The van der Waals surface area contributed by atoms with Crippen molar-refractivity contribution in [2.45, 2.75) is 0 Å². The lowest BCUT2D eigenvalue weighted by atomic mass is 10.0. The van der Waals surface area contributed by atoms with Gasteiger partial charge in [-0.05, 0) is 76.5 Å². The number of hydrogen-bond donors (Lipinski definition) is 0. The van der Waals surface area contributed by atoms with Gasteiger partial charge in [0.1, 0.15) is 5.58 Å². The zero-order chi connectivity index (χ0) is 28.3. The van der Waals surface area contributed by atoms with Crippen molar-refractivity contribution >= 4 is 81.3 Å². The van der Waals surface area contributed by atoms with E-state index in [4.69, 9.17) is 4.42 Å². The average molecular weight is 568 g/mol. The fraction of sp³-hybridized carbons (Fsp3) is 0. The average Bonchev–Trinajstić information content (AvgIpc) is 3.63. The van der Waals surface area contributed by atoms with Crippen molar-refractivity contribution in [3.8, 4) is 11.1 Å². The van der Waals surface area contributed by atoms with E-state index >= 15 is 0 Å². The summed E-state index contributed by atoms with van der Waals surface area (Å²) < 4.78 is 9.32. The molecule has 9 aromatic rings. The van der Waals surface area contributed by atoms with Crippen LogP contribution in [0.3, 0.4) is 0 Å². The Morgan fingerprint density at radius 1 is 0.488 bits per heavy atom. The molecule has 0 N–H and O–H groups in total. The molecule has 2 heterocycles. The van der Waals surface area contributed by atoms with Gasteiger partial charge in [-0.15, -0.1) is 11.3 Å². The minimum Gasteiger partial charge on any atom is -0.454 e. The van der Waals surface area contributed by atoms with Gasteiger partial charge in [0.25, 0.3) is 0 Å². The molecule has 0 radical (unpaired) electrons. The minimum absolute atomic E-state index is 0.892. The van der Waals surface area contributed by atoms with Gasteiger partial charge >= 0.3 is 0 Å². The molecule has 0 unspecified atom stereocenters. The Morgan fingerprint density at radius 3 is 1.95 bits per heavy atom. The molecule has 202 valence electrons. The first-order valence-electron chi connectivity index (χ1n) is 14.5. The lowest BCUT2D eigenvalue weighted by Crippen LogP contribution is -2.10. The zero-order valence-corrected chi connectivity index (χ0v) is 24.0. The molecular formula is C40H25NOS. The van der Waals surface area contributed by atoms with Crippen molar-refractivity contribution in [3.63, 3.8) is 0 Å². The predicted octanol–water partition coefficient (Wildman–Crippen LogP) is 12.2. The molecule has 0 aliphatic carbocycles. The highest BCUT2D eigenvalue weighted by molar-refractivity contribution is 7.26. The van der Waals surface area contributed by atoms with E-state index in [0.717, 1.165) is 33.6 Å². The van der Waals surface area contributed by atoms with Crippen LogP contribution in [0.15, 0.2) is 156 Å². The van der Waals surface area contributed by atoms with Gasteiger partial charge in [0, 0.05) is 42.3 Å². The number of furan rings is 1. The number of rotatable bonds is 4. The first-order chi connectivity index (χ1) is 21.3. The van der Waals surface area contributed by atoms with E-state index in [2.05, 4.69) is 157 Å². The Hall–Kier alpha value is -5.38. The lowest BCUT2D eigenvalue weighted by molar-refractivity contribution is 0.669. The van der Waals surface area contributed by atoms with Crippen LogP contribution in [0.1, 0.15) is 0 Å². The van der Waals surface area contributed by atoms with Gasteiger partial charge in [-0.2, -0.15) is 0 Å². The van der Waals surface area contributed by atoms with E-state index in [0.29, 0.717) is 0 Å². The first kappa shape index (κ1) is 24.2. The lowest BCUT2D eigenvalue weighted by Gasteiger charge is -2.25. The fourth-order valence-electron chi connectivity index (χ4n) is 6.40. The highest BCUT2D eigenvalue weighted by Gasteiger charge is 2.21. The Morgan fingerprint density at radius 2 is 1.16 bits per heavy atom. The third-order valence-corrected chi connectivity index (χ3v) is 9.62. The van der Waals surface area contributed by atoms with Crippen LogP contribution in [0.4, 0.5) is 17.1 Å². The Kier molecular flexibility index (Phi) is 5.40. The van der Waals surface area contributed by atoms with E-state index in [1.54, 1.807) is 0 Å². The van der Waals surface area contributed by atoms with E-state index in [1.807, 2.05) is 11.3 Å². The summed E-state index contributed by atoms with van der Waals surface area (Å²) in [5.74, 6) is 0. The molecular weight excluding hydrogens is 543 g/mol. The smallest absolute Gasteiger partial charge is 0.159 e. The summed E-state index contributed by atoms with van der Waals surface area (Å²) in [5.41, 5.74) is 7.40. The van der Waals surface area contributed by atoms with Crippen molar-refractivity contribution in [3.05, 3.63) is 152 Å². The van der Waals surface area contributed by atoms with Gasteiger partial charge in [0.2, 0.25) is 0 Å². The summed E-state index contributed by atoms with van der Waals surface area (Å²) >= 11 is 1.86. The molecule has 0 bridgehead atoms. The van der Waals surface area contributed by atoms with Gasteiger partial charge in [-0.25, -0.2) is 0 Å². The van der Waals surface area contributed by atoms with Crippen LogP contribution in [0.2, 0.25) is 0 Å². The SMILES string of the molecule is c1ccc(-c2ccc(N(c3ccccc3)c3cccc4c3oc3ccc5c6cc7ccccc7cc6sc5c34)cc2)cc1. The number of fused-ring (bicyclic) bond motifs is 8.